The fourth-order valence-electron chi connectivity index (χ4n) is 4.47. The molecule has 0 N–H and O–H groups in total. The van der Waals surface area contributed by atoms with Gasteiger partial charge in [0.25, 0.3) is 11.2 Å². The molecule has 0 radical (unpaired) electrons. The molecule has 5 rings (SSSR count). The largest absolute Gasteiger partial charge is 0.872 e. The molecule has 40 heavy (non-hydrogen) atoms. The quantitative estimate of drug-likeness (QED) is 0.194. The first-order valence-corrected chi connectivity index (χ1v) is 13.0. The first-order chi connectivity index (χ1) is 19.3. The Kier molecular flexibility index (Phi) is 7.30. The summed E-state index contributed by atoms with van der Waals surface area (Å²) >= 11 is 1.02. The molecule has 2 heterocycles. The Morgan fingerprint density at radius 2 is 1.90 bits per heavy atom. The summed E-state index contributed by atoms with van der Waals surface area (Å²) in [7, 11) is 1.52. The summed E-state index contributed by atoms with van der Waals surface area (Å²) < 4.78 is 12.4. The highest BCUT2D eigenvalue weighted by Crippen LogP contribution is 2.36. The minimum absolute atomic E-state index is 0.00899. The molecular formula is C29H22N3O7S-. The zero-order valence-electron chi connectivity index (χ0n) is 21.4. The standard InChI is InChI=1S/C29H23N3O7S/c1-3-39-28(35)24-25(17-8-5-4-6-9-17)30-29-31(26(24)18-10-7-11-21(15-18)38-2)27(34)23(40-29)16-19-14-20(32(36)37)12-13-22(19)33/h4-16,26,33H,3H2,1-2H3/p-1/b23-16-/t26-/m0/s1. The number of aromatic nitrogens is 1. The van der Waals surface area contributed by atoms with Crippen LogP contribution in [0.5, 0.6) is 11.5 Å². The Morgan fingerprint density at radius 3 is 2.60 bits per heavy atom. The predicted octanol–water partition coefficient (Wildman–Crippen LogP) is 2.93. The normalized spacial score (nSPS) is 14.8. The van der Waals surface area contributed by atoms with Gasteiger partial charge in [-0.2, -0.15) is 0 Å². The minimum Gasteiger partial charge on any atom is -0.872 e. The molecule has 10 nitrogen and oxygen atoms in total. The van der Waals surface area contributed by atoms with Gasteiger partial charge in [0.15, 0.2) is 4.80 Å². The molecule has 1 aliphatic rings. The summed E-state index contributed by atoms with van der Waals surface area (Å²) in [6.07, 6.45) is 1.32. The molecule has 0 saturated carbocycles. The maximum absolute atomic E-state index is 13.9. The second kappa shape index (κ2) is 11.0. The molecule has 0 amide bonds. The number of thiazole rings is 1. The summed E-state index contributed by atoms with van der Waals surface area (Å²) in [5.74, 6) is -0.584. The number of ether oxygens (including phenoxy) is 2. The van der Waals surface area contributed by atoms with Crippen LogP contribution in [0.25, 0.3) is 11.8 Å². The number of non-ortho nitro benzene ring substituents is 1. The lowest BCUT2D eigenvalue weighted by Gasteiger charge is -2.26. The van der Waals surface area contributed by atoms with E-state index in [9.17, 15) is 24.8 Å². The molecule has 0 bridgehead atoms. The number of carbonyl (C=O) groups is 1. The van der Waals surface area contributed by atoms with Crippen molar-refractivity contribution in [2.75, 3.05) is 13.7 Å². The van der Waals surface area contributed by atoms with Gasteiger partial charge in [0, 0.05) is 17.7 Å². The number of nitro benzene ring substituents is 1. The third-order valence-corrected chi connectivity index (χ3v) is 7.26. The first kappa shape index (κ1) is 26.6. The molecule has 0 unspecified atom stereocenters. The van der Waals surface area contributed by atoms with Crippen molar-refractivity contribution >= 4 is 34.8 Å². The number of carbonyl (C=O) groups excluding carboxylic acids is 1. The number of methoxy groups -OCH3 is 1. The van der Waals surface area contributed by atoms with Gasteiger partial charge in [-0.15, -0.1) is 5.75 Å². The van der Waals surface area contributed by atoms with Crippen LogP contribution >= 0.6 is 11.3 Å². The maximum Gasteiger partial charge on any atom is 0.338 e. The van der Waals surface area contributed by atoms with Crippen LogP contribution in [0.15, 0.2) is 88.2 Å². The van der Waals surface area contributed by atoms with Gasteiger partial charge in [0.1, 0.15) is 5.75 Å². The highest BCUT2D eigenvalue weighted by molar-refractivity contribution is 7.07. The number of hydrogen-bond donors (Lipinski definition) is 0. The van der Waals surface area contributed by atoms with Gasteiger partial charge in [-0.1, -0.05) is 59.9 Å². The number of fused-ring (bicyclic) bond motifs is 1. The summed E-state index contributed by atoms with van der Waals surface area (Å²) in [6, 6.07) is 18.5. The number of nitro groups is 1. The third-order valence-electron chi connectivity index (χ3n) is 6.27. The maximum atomic E-state index is 13.9. The van der Waals surface area contributed by atoms with E-state index >= 15 is 0 Å². The van der Waals surface area contributed by atoms with Gasteiger partial charge in [-0.3, -0.25) is 19.5 Å². The fraction of sp³-hybridized carbons (Fsp3) is 0.138. The predicted molar refractivity (Wildman–Crippen MR) is 147 cm³/mol. The molecule has 11 heteroatoms. The number of rotatable bonds is 7. The number of benzene rings is 3. The Bertz CT molecular complexity index is 1840. The lowest BCUT2D eigenvalue weighted by molar-refractivity contribution is -0.385. The highest BCUT2D eigenvalue weighted by Gasteiger charge is 2.35. The fourth-order valence-corrected chi connectivity index (χ4v) is 5.46. The molecule has 1 aliphatic heterocycles. The summed E-state index contributed by atoms with van der Waals surface area (Å²) in [5, 5.41) is 23.8. The lowest BCUT2D eigenvalue weighted by atomic mass is 9.93. The third kappa shape index (κ3) is 4.90. The SMILES string of the molecule is CCOC(=O)C1=C(c2ccccc2)N=c2s/c(=C\c3cc([N+](=O)[O-])ccc3[O-])c(=O)n2[C@H]1c1cccc(OC)c1. The van der Waals surface area contributed by atoms with Gasteiger partial charge in [0.2, 0.25) is 0 Å². The Labute approximate surface area is 231 Å². The van der Waals surface area contributed by atoms with Gasteiger partial charge in [-0.05, 0) is 36.3 Å². The Hall–Kier alpha value is -5.03. The molecule has 1 aromatic heterocycles. The zero-order valence-corrected chi connectivity index (χ0v) is 22.2. The van der Waals surface area contributed by atoms with Gasteiger partial charge < -0.3 is 14.6 Å². The average Bonchev–Trinajstić information content (AvgIpc) is 3.28. The molecule has 3 aromatic carbocycles. The molecule has 202 valence electrons. The van der Waals surface area contributed by atoms with Crippen molar-refractivity contribution in [3.8, 4) is 11.5 Å². The van der Waals surface area contributed by atoms with Crippen LogP contribution < -0.4 is 24.7 Å². The van der Waals surface area contributed by atoms with Crippen molar-refractivity contribution in [3.05, 3.63) is 125 Å². The number of esters is 1. The molecule has 0 saturated heterocycles. The van der Waals surface area contributed by atoms with Crippen LogP contribution in [0.2, 0.25) is 0 Å². The van der Waals surface area contributed by atoms with Crippen LogP contribution in [-0.2, 0) is 9.53 Å². The topological polar surface area (TPSA) is 136 Å². The van der Waals surface area contributed by atoms with Gasteiger partial charge in [-0.25, -0.2) is 9.79 Å². The number of hydrogen-bond acceptors (Lipinski definition) is 9. The van der Waals surface area contributed by atoms with E-state index in [1.807, 2.05) is 30.3 Å². The van der Waals surface area contributed by atoms with Crippen LogP contribution in [0.4, 0.5) is 5.69 Å². The van der Waals surface area contributed by atoms with Crippen molar-refractivity contribution in [1.82, 2.24) is 4.57 Å². The van der Waals surface area contributed by atoms with E-state index < -0.39 is 28.2 Å². The van der Waals surface area contributed by atoms with Gasteiger partial charge in [0.05, 0.1) is 40.5 Å². The monoisotopic (exact) mass is 556 g/mol. The van der Waals surface area contributed by atoms with E-state index in [4.69, 9.17) is 14.5 Å². The van der Waals surface area contributed by atoms with Crippen molar-refractivity contribution in [1.29, 1.82) is 0 Å². The highest BCUT2D eigenvalue weighted by atomic mass is 32.1. The second-order valence-electron chi connectivity index (χ2n) is 8.69. The zero-order chi connectivity index (χ0) is 28.4. The average molecular weight is 557 g/mol. The van der Waals surface area contributed by atoms with Crippen LogP contribution in [0.3, 0.4) is 0 Å². The van der Waals surface area contributed by atoms with E-state index in [1.54, 1.807) is 31.2 Å². The van der Waals surface area contributed by atoms with Crippen molar-refractivity contribution in [3.63, 3.8) is 0 Å². The molecule has 0 spiro atoms. The summed E-state index contributed by atoms with van der Waals surface area (Å²) in [6.45, 7) is 1.80. The van der Waals surface area contributed by atoms with Crippen LogP contribution in [0.1, 0.15) is 29.7 Å². The molecule has 0 fully saturated rings. The van der Waals surface area contributed by atoms with E-state index in [0.717, 1.165) is 29.5 Å². The van der Waals surface area contributed by atoms with E-state index in [-0.39, 0.29) is 32.8 Å². The molecule has 0 aliphatic carbocycles. The molecule has 1 atom stereocenters. The van der Waals surface area contributed by atoms with Crippen molar-refractivity contribution in [2.45, 2.75) is 13.0 Å². The van der Waals surface area contributed by atoms with E-state index in [1.165, 1.54) is 17.8 Å². The van der Waals surface area contributed by atoms with Crippen LogP contribution in [0, 0.1) is 10.1 Å². The second-order valence-corrected chi connectivity index (χ2v) is 9.70. The van der Waals surface area contributed by atoms with E-state index in [0.29, 0.717) is 22.6 Å². The minimum atomic E-state index is -0.931. The molecule has 4 aromatic rings. The van der Waals surface area contributed by atoms with Gasteiger partial charge >= 0.3 is 5.97 Å². The number of nitrogens with zero attached hydrogens (tertiary/aromatic N) is 3. The lowest BCUT2D eigenvalue weighted by Crippen LogP contribution is -2.40. The van der Waals surface area contributed by atoms with Crippen LogP contribution in [-0.4, -0.2) is 29.2 Å². The van der Waals surface area contributed by atoms with E-state index in [2.05, 4.69) is 0 Å². The smallest absolute Gasteiger partial charge is 0.338 e. The molecular weight excluding hydrogens is 534 g/mol. The first-order valence-electron chi connectivity index (χ1n) is 12.2. The summed E-state index contributed by atoms with van der Waals surface area (Å²) in [5.41, 5.74) is 0.945. The van der Waals surface area contributed by atoms with Crippen molar-refractivity contribution < 1.29 is 24.3 Å². The summed E-state index contributed by atoms with van der Waals surface area (Å²) in [4.78, 5) is 43.1. The Morgan fingerprint density at radius 1 is 1.12 bits per heavy atom. The van der Waals surface area contributed by atoms with Crippen molar-refractivity contribution in [2.24, 2.45) is 4.99 Å². The Balaban J connectivity index is 1.84.